The van der Waals surface area contributed by atoms with Gasteiger partial charge in [-0.1, -0.05) is 13.3 Å². The Bertz CT molecular complexity index is 450. The van der Waals surface area contributed by atoms with Crippen LogP contribution in [-0.4, -0.2) is 33.1 Å². The molecular formula is C16H25Cl2NO. The van der Waals surface area contributed by atoms with Gasteiger partial charge in [-0.3, -0.25) is 9.69 Å². The molecule has 0 amide bonds. The molecular weight excluding hydrogens is 293 g/mol. The molecule has 3 aliphatic rings. The van der Waals surface area contributed by atoms with E-state index >= 15 is 0 Å². The van der Waals surface area contributed by atoms with E-state index < -0.39 is 4.33 Å². The van der Waals surface area contributed by atoms with Crippen molar-refractivity contribution in [2.24, 2.45) is 10.8 Å². The maximum absolute atomic E-state index is 12.4. The van der Waals surface area contributed by atoms with Gasteiger partial charge in [-0.2, -0.15) is 0 Å². The maximum atomic E-state index is 12.4. The molecule has 0 aromatic heterocycles. The van der Waals surface area contributed by atoms with Crippen LogP contribution in [-0.2, 0) is 4.79 Å². The third-order valence-electron chi connectivity index (χ3n) is 6.20. The monoisotopic (exact) mass is 317 g/mol. The minimum Gasteiger partial charge on any atom is -0.298 e. The molecule has 20 heavy (non-hydrogen) atoms. The standard InChI is InChI=1S/C16H25Cl2NO/c1-5-12(20)11-9-15(10-19(11)13(2,3)4)14(7-6-8-14)16(15,17)18/h11H,5-10H2,1-4H3/t11-,15+/m0/s1. The Kier molecular flexibility index (Phi) is 3.13. The number of alkyl halides is 2. The van der Waals surface area contributed by atoms with E-state index in [1.807, 2.05) is 6.92 Å². The van der Waals surface area contributed by atoms with Gasteiger partial charge in [0.25, 0.3) is 0 Å². The first-order chi connectivity index (χ1) is 9.13. The Balaban J connectivity index is 1.94. The Morgan fingerprint density at radius 1 is 1.25 bits per heavy atom. The van der Waals surface area contributed by atoms with Crippen LogP contribution in [0.4, 0.5) is 0 Å². The number of halogens is 2. The normalized spacial score (nSPS) is 38.2. The first-order valence-electron chi connectivity index (χ1n) is 7.80. The second-order valence-corrected chi connectivity index (χ2v) is 9.26. The van der Waals surface area contributed by atoms with Crippen LogP contribution in [0, 0.1) is 10.8 Å². The molecule has 2 nitrogen and oxygen atoms in total. The third-order valence-corrected chi connectivity index (χ3v) is 7.65. The van der Waals surface area contributed by atoms with Crippen LogP contribution in [0.15, 0.2) is 0 Å². The summed E-state index contributed by atoms with van der Waals surface area (Å²) in [5, 5.41) is 0. The molecule has 2 atom stereocenters. The van der Waals surface area contributed by atoms with E-state index in [9.17, 15) is 4.79 Å². The van der Waals surface area contributed by atoms with Crippen LogP contribution in [0.5, 0.6) is 0 Å². The van der Waals surface area contributed by atoms with Gasteiger partial charge in [0.15, 0.2) is 0 Å². The van der Waals surface area contributed by atoms with Crippen LogP contribution >= 0.6 is 23.2 Å². The number of carbonyl (C=O) groups is 1. The summed E-state index contributed by atoms with van der Waals surface area (Å²) in [6, 6.07) is -0.00292. The molecule has 0 aromatic carbocycles. The van der Waals surface area contributed by atoms with E-state index in [0.717, 1.165) is 25.8 Å². The number of likely N-dealkylation sites (tertiary alicyclic amines) is 1. The quantitative estimate of drug-likeness (QED) is 0.712. The first-order valence-corrected chi connectivity index (χ1v) is 8.56. The van der Waals surface area contributed by atoms with Gasteiger partial charge in [0.05, 0.1) is 6.04 Å². The smallest absolute Gasteiger partial charge is 0.149 e. The lowest BCUT2D eigenvalue weighted by atomic mass is 9.74. The van der Waals surface area contributed by atoms with Gasteiger partial charge in [0, 0.05) is 29.3 Å². The summed E-state index contributed by atoms with van der Waals surface area (Å²) in [4.78, 5) is 14.7. The predicted molar refractivity (Wildman–Crippen MR) is 83.3 cm³/mol. The molecule has 0 aromatic rings. The van der Waals surface area contributed by atoms with Gasteiger partial charge in [0.1, 0.15) is 10.1 Å². The molecule has 0 N–H and O–H groups in total. The van der Waals surface area contributed by atoms with Crippen LogP contribution < -0.4 is 0 Å². The fraction of sp³-hybridized carbons (Fsp3) is 0.938. The lowest BCUT2D eigenvalue weighted by molar-refractivity contribution is -0.124. The molecule has 0 unspecified atom stereocenters. The molecule has 2 spiro atoms. The first kappa shape index (κ1) is 15.1. The van der Waals surface area contributed by atoms with Gasteiger partial charge >= 0.3 is 0 Å². The van der Waals surface area contributed by atoms with E-state index in [2.05, 4.69) is 25.7 Å². The van der Waals surface area contributed by atoms with Crippen LogP contribution in [0.2, 0.25) is 0 Å². The largest absolute Gasteiger partial charge is 0.298 e. The summed E-state index contributed by atoms with van der Waals surface area (Å²) in [7, 11) is 0. The molecule has 2 saturated carbocycles. The Morgan fingerprint density at radius 2 is 1.85 bits per heavy atom. The van der Waals surface area contributed by atoms with Crippen LogP contribution in [0.3, 0.4) is 0 Å². The molecule has 2 aliphatic carbocycles. The van der Waals surface area contributed by atoms with Crippen molar-refractivity contribution in [1.29, 1.82) is 0 Å². The second-order valence-electron chi connectivity index (χ2n) is 7.93. The highest BCUT2D eigenvalue weighted by atomic mass is 35.5. The number of hydrogen-bond acceptors (Lipinski definition) is 2. The minimum atomic E-state index is -0.621. The van der Waals surface area contributed by atoms with Crippen molar-refractivity contribution in [2.75, 3.05) is 6.54 Å². The number of ketones is 1. The predicted octanol–water partition coefficient (Wildman–Crippen LogP) is 4.18. The maximum Gasteiger partial charge on any atom is 0.149 e. The van der Waals surface area contributed by atoms with Crippen LogP contribution in [0.1, 0.15) is 59.8 Å². The molecule has 0 bridgehead atoms. The molecule has 4 heteroatoms. The van der Waals surface area contributed by atoms with Crippen molar-refractivity contribution in [2.45, 2.75) is 75.7 Å². The molecule has 3 fully saturated rings. The van der Waals surface area contributed by atoms with Crippen LogP contribution in [0.25, 0.3) is 0 Å². The van der Waals surface area contributed by atoms with Gasteiger partial charge in [-0.25, -0.2) is 0 Å². The number of hydrogen-bond donors (Lipinski definition) is 0. The Morgan fingerprint density at radius 3 is 2.20 bits per heavy atom. The number of carbonyl (C=O) groups excluding carboxylic acids is 1. The molecule has 0 radical (unpaired) electrons. The van der Waals surface area contributed by atoms with E-state index in [4.69, 9.17) is 23.2 Å². The van der Waals surface area contributed by atoms with Crippen molar-refractivity contribution in [3.05, 3.63) is 0 Å². The topological polar surface area (TPSA) is 20.3 Å². The van der Waals surface area contributed by atoms with Crippen molar-refractivity contribution < 1.29 is 4.79 Å². The van der Waals surface area contributed by atoms with E-state index in [0.29, 0.717) is 12.2 Å². The molecule has 1 heterocycles. The fourth-order valence-corrected chi connectivity index (χ4v) is 6.05. The van der Waals surface area contributed by atoms with Crippen molar-refractivity contribution in [3.8, 4) is 0 Å². The molecule has 3 rings (SSSR count). The van der Waals surface area contributed by atoms with Gasteiger partial charge in [-0.15, -0.1) is 23.2 Å². The number of Topliss-reactive ketones (excluding diaryl/α,β-unsaturated/α-hetero) is 1. The second kappa shape index (κ2) is 4.14. The van der Waals surface area contributed by atoms with Gasteiger partial charge < -0.3 is 0 Å². The summed E-state index contributed by atoms with van der Waals surface area (Å²) in [5.74, 6) is 0.335. The average Bonchev–Trinajstić information content (AvgIpc) is 2.58. The Hall–Kier alpha value is 0.210. The van der Waals surface area contributed by atoms with Crippen molar-refractivity contribution in [1.82, 2.24) is 4.90 Å². The van der Waals surface area contributed by atoms with E-state index in [-0.39, 0.29) is 22.4 Å². The average molecular weight is 318 g/mol. The SMILES string of the molecule is CCC(=O)[C@@H]1C[C@]2(CN1C(C)(C)C)C(Cl)(Cl)C21CCC1. The number of rotatable bonds is 2. The van der Waals surface area contributed by atoms with Gasteiger partial charge in [-0.05, 0) is 40.0 Å². The highest BCUT2D eigenvalue weighted by Gasteiger charge is 2.89. The summed E-state index contributed by atoms with van der Waals surface area (Å²) in [6.07, 6.45) is 4.93. The zero-order valence-corrected chi connectivity index (χ0v) is 14.4. The summed E-state index contributed by atoms with van der Waals surface area (Å²) in [6.45, 7) is 9.38. The zero-order valence-electron chi connectivity index (χ0n) is 12.9. The molecule has 1 saturated heterocycles. The molecule has 114 valence electrons. The van der Waals surface area contributed by atoms with E-state index in [1.54, 1.807) is 0 Å². The Labute approximate surface area is 132 Å². The summed E-state index contributed by atoms with van der Waals surface area (Å²) < 4.78 is -0.621. The van der Waals surface area contributed by atoms with E-state index in [1.165, 1.54) is 6.42 Å². The highest BCUT2D eigenvalue weighted by molar-refractivity contribution is 6.52. The lowest BCUT2D eigenvalue weighted by Crippen LogP contribution is -2.48. The number of fused-ring (bicyclic) bond motifs is 1. The highest BCUT2D eigenvalue weighted by Crippen LogP contribution is 2.88. The zero-order chi connectivity index (χ0) is 15.0. The van der Waals surface area contributed by atoms with Gasteiger partial charge in [0.2, 0.25) is 0 Å². The summed E-state index contributed by atoms with van der Waals surface area (Å²) >= 11 is 13.4. The summed E-state index contributed by atoms with van der Waals surface area (Å²) in [5.41, 5.74) is 0.0237. The molecule has 1 aliphatic heterocycles. The third kappa shape index (κ3) is 1.54. The fourth-order valence-electron chi connectivity index (χ4n) is 4.77. The number of nitrogens with zero attached hydrogens (tertiary/aromatic N) is 1. The van der Waals surface area contributed by atoms with Crippen molar-refractivity contribution >= 4 is 29.0 Å². The lowest BCUT2D eigenvalue weighted by Gasteiger charge is -2.36. The minimum absolute atomic E-state index is 0.00292. The van der Waals surface area contributed by atoms with Crippen molar-refractivity contribution in [3.63, 3.8) is 0 Å².